The van der Waals surface area contributed by atoms with E-state index in [0.717, 1.165) is 5.56 Å². The summed E-state index contributed by atoms with van der Waals surface area (Å²) in [7, 11) is 0. The van der Waals surface area contributed by atoms with E-state index in [0.29, 0.717) is 5.56 Å². The van der Waals surface area contributed by atoms with Crippen LogP contribution in [0.4, 0.5) is 0 Å². The number of rotatable bonds is 5. The van der Waals surface area contributed by atoms with Crippen molar-refractivity contribution in [2.24, 2.45) is 5.84 Å². The van der Waals surface area contributed by atoms with Crippen LogP contribution in [0.1, 0.15) is 15.9 Å². The second-order valence-electron chi connectivity index (χ2n) is 4.77. The topological polar surface area (TPSA) is 104 Å². The molecule has 0 bridgehead atoms. The van der Waals surface area contributed by atoms with Crippen LogP contribution in [0, 0.1) is 0 Å². The summed E-state index contributed by atoms with van der Waals surface area (Å²) in [5, 5.41) is 11.9. The van der Waals surface area contributed by atoms with E-state index < -0.39 is 11.9 Å². The van der Waals surface area contributed by atoms with Crippen LogP contribution in [-0.2, 0) is 11.2 Å². The lowest BCUT2D eigenvalue weighted by Gasteiger charge is -2.17. The predicted molar refractivity (Wildman–Crippen MR) is 81.8 cm³/mol. The summed E-state index contributed by atoms with van der Waals surface area (Å²) >= 11 is 0. The predicted octanol–water partition coefficient (Wildman–Crippen LogP) is 0.723. The molecule has 2 rings (SSSR count). The molecule has 0 aliphatic heterocycles. The molecule has 6 heteroatoms. The standard InChI is InChI=1S/C16H17N3O3/c17-19-16(22)14(10-11-6-8-13(20)9-7-11)18-15(21)12-4-2-1-3-5-12/h1-9,14,20H,10,17H2,(H,18,21)(H,19,22). The number of carbonyl (C=O) groups excluding carboxylic acids is 2. The van der Waals surface area contributed by atoms with Crippen molar-refractivity contribution in [3.63, 3.8) is 0 Å². The molecule has 0 radical (unpaired) electrons. The lowest BCUT2D eigenvalue weighted by atomic mass is 10.0. The third-order valence-corrected chi connectivity index (χ3v) is 3.18. The van der Waals surface area contributed by atoms with Crippen molar-refractivity contribution < 1.29 is 14.7 Å². The maximum atomic E-state index is 12.1. The summed E-state index contributed by atoms with van der Waals surface area (Å²) in [4.78, 5) is 24.0. The molecule has 0 saturated carbocycles. The van der Waals surface area contributed by atoms with Crippen molar-refractivity contribution in [2.45, 2.75) is 12.5 Å². The summed E-state index contributed by atoms with van der Waals surface area (Å²) in [5.74, 6) is 4.47. The molecular formula is C16H17N3O3. The van der Waals surface area contributed by atoms with Gasteiger partial charge in [-0.2, -0.15) is 0 Å². The number of hydrazine groups is 1. The van der Waals surface area contributed by atoms with Crippen LogP contribution in [0.2, 0.25) is 0 Å². The first kappa shape index (κ1) is 15.5. The highest BCUT2D eigenvalue weighted by Crippen LogP contribution is 2.11. The largest absolute Gasteiger partial charge is 0.508 e. The van der Waals surface area contributed by atoms with E-state index in [9.17, 15) is 14.7 Å². The Labute approximate surface area is 127 Å². The van der Waals surface area contributed by atoms with Crippen molar-refractivity contribution in [1.82, 2.24) is 10.7 Å². The fourth-order valence-corrected chi connectivity index (χ4v) is 2.01. The molecule has 1 atom stereocenters. The van der Waals surface area contributed by atoms with Crippen LogP contribution < -0.4 is 16.6 Å². The quantitative estimate of drug-likeness (QED) is 0.371. The lowest BCUT2D eigenvalue weighted by molar-refractivity contribution is -0.123. The van der Waals surface area contributed by atoms with Gasteiger partial charge in [-0.3, -0.25) is 15.0 Å². The number of hydrogen-bond acceptors (Lipinski definition) is 4. The van der Waals surface area contributed by atoms with Gasteiger partial charge in [-0.1, -0.05) is 30.3 Å². The molecule has 0 aromatic heterocycles. The second kappa shape index (κ2) is 7.24. The molecule has 2 aromatic rings. The Kier molecular flexibility index (Phi) is 5.11. The Morgan fingerprint density at radius 1 is 1.05 bits per heavy atom. The third kappa shape index (κ3) is 4.07. The van der Waals surface area contributed by atoms with E-state index in [-0.39, 0.29) is 18.1 Å². The van der Waals surface area contributed by atoms with Crippen molar-refractivity contribution in [1.29, 1.82) is 0 Å². The Morgan fingerprint density at radius 3 is 2.27 bits per heavy atom. The van der Waals surface area contributed by atoms with E-state index in [1.54, 1.807) is 42.5 Å². The highest BCUT2D eigenvalue weighted by Gasteiger charge is 2.21. The molecule has 0 aliphatic rings. The Bertz CT molecular complexity index is 641. The number of aromatic hydroxyl groups is 1. The first-order valence-corrected chi connectivity index (χ1v) is 6.74. The molecule has 5 N–H and O–H groups in total. The molecule has 0 spiro atoms. The Hall–Kier alpha value is -2.86. The zero-order valence-electron chi connectivity index (χ0n) is 11.8. The highest BCUT2D eigenvalue weighted by molar-refractivity contribution is 5.97. The van der Waals surface area contributed by atoms with Crippen molar-refractivity contribution in [3.05, 3.63) is 65.7 Å². The Morgan fingerprint density at radius 2 is 1.68 bits per heavy atom. The van der Waals surface area contributed by atoms with E-state index in [4.69, 9.17) is 5.84 Å². The van der Waals surface area contributed by atoms with E-state index >= 15 is 0 Å². The van der Waals surface area contributed by atoms with E-state index in [1.165, 1.54) is 12.1 Å². The smallest absolute Gasteiger partial charge is 0.256 e. The molecule has 0 aliphatic carbocycles. The van der Waals surface area contributed by atoms with Gasteiger partial charge in [0.25, 0.3) is 11.8 Å². The summed E-state index contributed by atoms with van der Waals surface area (Å²) < 4.78 is 0. The summed E-state index contributed by atoms with van der Waals surface area (Å²) in [6, 6.07) is 14.2. The first-order chi connectivity index (χ1) is 10.6. The van der Waals surface area contributed by atoms with Crippen LogP contribution >= 0.6 is 0 Å². The van der Waals surface area contributed by atoms with Crippen LogP contribution in [0.3, 0.4) is 0 Å². The maximum absolute atomic E-state index is 12.1. The van der Waals surface area contributed by atoms with Gasteiger partial charge in [-0.25, -0.2) is 5.84 Å². The molecule has 22 heavy (non-hydrogen) atoms. The van der Waals surface area contributed by atoms with Crippen molar-refractivity contribution in [2.75, 3.05) is 0 Å². The number of carbonyl (C=O) groups is 2. The van der Waals surface area contributed by atoms with Crippen LogP contribution in [0.15, 0.2) is 54.6 Å². The zero-order valence-corrected chi connectivity index (χ0v) is 11.8. The van der Waals surface area contributed by atoms with E-state index in [1.807, 2.05) is 0 Å². The van der Waals surface area contributed by atoms with Crippen molar-refractivity contribution >= 4 is 11.8 Å². The number of phenolic OH excluding ortho intramolecular Hbond substituents is 1. The van der Waals surface area contributed by atoms with Gasteiger partial charge < -0.3 is 10.4 Å². The van der Waals surface area contributed by atoms with Gasteiger partial charge in [-0.15, -0.1) is 0 Å². The molecule has 2 amide bonds. The van der Waals surface area contributed by atoms with Crippen LogP contribution in [0.25, 0.3) is 0 Å². The summed E-state index contributed by atoms with van der Waals surface area (Å²) in [6.45, 7) is 0. The molecule has 6 nitrogen and oxygen atoms in total. The average Bonchev–Trinajstić information content (AvgIpc) is 2.56. The number of benzene rings is 2. The number of hydrogen-bond donors (Lipinski definition) is 4. The van der Waals surface area contributed by atoms with Gasteiger partial charge in [0.2, 0.25) is 0 Å². The maximum Gasteiger partial charge on any atom is 0.256 e. The number of amides is 2. The molecule has 0 heterocycles. The molecule has 2 aromatic carbocycles. The average molecular weight is 299 g/mol. The van der Waals surface area contributed by atoms with Gasteiger partial charge in [-0.05, 0) is 29.8 Å². The normalized spacial score (nSPS) is 11.5. The minimum absolute atomic E-state index is 0.136. The lowest BCUT2D eigenvalue weighted by Crippen LogP contribution is -2.50. The van der Waals surface area contributed by atoms with Gasteiger partial charge in [0.05, 0.1) is 0 Å². The Balaban J connectivity index is 2.11. The van der Waals surface area contributed by atoms with Gasteiger partial charge in [0.15, 0.2) is 0 Å². The zero-order chi connectivity index (χ0) is 15.9. The monoisotopic (exact) mass is 299 g/mol. The fourth-order valence-electron chi connectivity index (χ4n) is 2.01. The van der Waals surface area contributed by atoms with Gasteiger partial charge in [0.1, 0.15) is 11.8 Å². The second-order valence-corrected chi connectivity index (χ2v) is 4.77. The highest BCUT2D eigenvalue weighted by atomic mass is 16.3. The summed E-state index contributed by atoms with van der Waals surface area (Å²) in [5.41, 5.74) is 3.30. The van der Waals surface area contributed by atoms with Gasteiger partial charge >= 0.3 is 0 Å². The molecular weight excluding hydrogens is 282 g/mol. The number of nitrogens with two attached hydrogens (primary N) is 1. The minimum Gasteiger partial charge on any atom is -0.508 e. The summed E-state index contributed by atoms with van der Waals surface area (Å²) in [6.07, 6.45) is 0.266. The molecule has 1 unspecified atom stereocenters. The molecule has 114 valence electrons. The number of nitrogens with one attached hydrogen (secondary N) is 2. The first-order valence-electron chi connectivity index (χ1n) is 6.74. The van der Waals surface area contributed by atoms with Gasteiger partial charge in [0, 0.05) is 12.0 Å². The molecule has 0 saturated heterocycles. The van der Waals surface area contributed by atoms with Crippen LogP contribution in [0.5, 0.6) is 5.75 Å². The fraction of sp³-hybridized carbons (Fsp3) is 0.125. The molecule has 0 fully saturated rings. The number of phenols is 1. The minimum atomic E-state index is -0.803. The third-order valence-electron chi connectivity index (χ3n) is 3.18. The SMILES string of the molecule is NNC(=O)C(Cc1ccc(O)cc1)NC(=O)c1ccccc1. The van der Waals surface area contributed by atoms with E-state index in [2.05, 4.69) is 10.7 Å². The van der Waals surface area contributed by atoms with Crippen LogP contribution in [-0.4, -0.2) is 23.0 Å². The van der Waals surface area contributed by atoms with Crippen molar-refractivity contribution in [3.8, 4) is 5.75 Å².